The maximum Gasteiger partial charge on any atom is 0.135 e. The van der Waals surface area contributed by atoms with Crippen molar-refractivity contribution in [1.82, 2.24) is 25.1 Å². The van der Waals surface area contributed by atoms with Crippen molar-refractivity contribution < 1.29 is 4.74 Å². The van der Waals surface area contributed by atoms with Crippen molar-refractivity contribution in [1.29, 1.82) is 0 Å². The summed E-state index contributed by atoms with van der Waals surface area (Å²) in [5, 5.41) is 11.8. The normalized spacial score (nSPS) is 13.7. The Kier molecular flexibility index (Phi) is 5.21. The van der Waals surface area contributed by atoms with Gasteiger partial charge in [0.2, 0.25) is 0 Å². The van der Waals surface area contributed by atoms with Crippen molar-refractivity contribution >= 4 is 0 Å². The minimum absolute atomic E-state index is 0.481. The van der Waals surface area contributed by atoms with E-state index in [1.54, 1.807) is 6.20 Å². The third kappa shape index (κ3) is 4.46. The molecule has 1 aromatic carbocycles. The third-order valence-electron chi connectivity index (χ3n) is 4.46. The predicted molar refractivity (Wildman–Crippen MR) is 98.7 cm³/mol. The summed E-state index contributed by atoms with van der Waals surface area (Å²) in [6.45, 7) is 3.07. The lowest BCUT2D eigenvalue weighted by molar-refractivity contribution is 0.301. The van der Waals surface area contributed by atoms with Gasteiger partial charge in [-0.1, -0.05) is 18.2 Å². The van der Waals surface area contributed by atoms with Crippen molar-refractivity contribution in [2.45, 2.75) is 38.5 Å². The van der Waals surface area contributed by atoms with E-state index < -0.39 is 0 Å². The molecule has 3 aromatic rings. The minimum atomic E-state index is 0.481. The maximum atomic E-state index is 5.84. The molecule has 6 nitrogen and oxygen atoms in total. The van der Waals surface area contributed by atoms with Gasteiger partial charge in [0.15, 0.2) is 0 Å². The Balaban J connectivity index is 1.24. The fraction of sp³-hybridized carbons (Fsp3) is 0.350. The lowest BCUT2D eigenvalue weighted by atomic mass is 10.2. The summed E-state index contributed by atoms with van der Waals surface area (Å²) < 4.78 is 8.00. The van der Waals surface area contributed by atoms with Crippen LogP contribution in [0.15, 0.2) is 55.0 Å². The van der Waals surface area contributed by atoms with Gasteiger partial charge in [0.1, 0.15) is 24.5 Å². The molecule has 134 valence electrons. The molecule has 1 aliphatic carbocycles. The molecular weight excluding hydrogens is 326 g/mol. The Hall–Kier alpha value is -2.73. The summed E-state index contributed by atoms with van der Waals surface area (Å²) in [7, 11) is 0. The SMILES string of the molecule is c1ccc(COc2cccc(CNCCn3cnnc3C3CC3)c2)nc1. The number of hydrogen-bond acceptors (Lipinski definition) is 5. The second kappa shape index (κ2) is 8.10. The van der Waals surface area contributed by atoms with Crippen molar-refractivity contribution in [2.75, 3.05) is 6.54 Å². The number of benzene rings is 1. The molecule has 1 fully saturated rings. The number of nitrogens with zero attached hydrogens (tertiary/aromatic N) is 4. The van der Waals surface area contributed by atoms with Crippen LogP contribution in [-0.4, -0.2) is 26.3 Å². The Morgan fingerprint density at radius 3 is 2.96 bits per heavy atom. The molecule has 6 heteroatoms. The summed E-state index contributed by atoms with van der Waals surface area (Å²) in [5.41, 5.74) is 2.13. The van der Waals surface area contributed by atoms with E-state index in [4.69, 9.17) is 4.74 Å². The van der Waals surface area contributed by atoms with Crippen molar-refractivity contribution in [3.05, 3.63) is 72.1 Å². The summed E-state index contributed by atoms with van der Waals surface area (Å²) in [6, 6.07) is 14.0. The van der Waals surface area contributed by atoms with Crippen molar-refractivity contribution in [3.8, 4) is 5.75 Å². The van der Waals surface area contributed by atoms with Crippen LogP contribution in [0.5, 0.6) is 5.75 Å². The molecule has 0 radical (unpaired) electrons. The van der Waals surface area contributed by atoms with Crippen LogP contribution < -0.4 is 10.1 Å². The molecule has 1 saturated carbocycles. The number of nitrogens with one attached hydrogen (secondary N) is 1. The number of pyridine rings is 1. The highest BCUT2D eigenvalue weighted by atomic mass is 16.5. The van der Waals surface area contributed by atoms with Crippen LogP contribution in [0.1, 0.15) is 35.8 Å². The zero-order chi connectivity index (χ0) is 17.6. The van der Waals surface area contributed by atoms with Crippen LogP contribution in [0.3, 0.4) is 0 Å². The second-order valence-corrected chi connectivity index (χ2v) is 6.59. The average Bonchev–Trinajstić information content (AvgIpc) is 3.43. The topological polar surface area (TPSA) is 64.9 Å². The van der Waals surface area contributed by atoms with Gasteiger partial charge in [-0.2, -0.15) is 0 Å². The molecule has 2 heterocycles. The van der Waals surface area contributed by atoms with E-state index in [9.17, 15) is 0 Å². The molecule has 1 N–H and O–H groups in total. The predicted octanol–water partition coefficient (Wildman–Crippen LogP) is 2.92. The Bertz CT molecular complexity index is 829. The molecule has 0 spiro atoms. The van der Waals surface area contributed by atoms with E-state index in [2.05, 4.69) is 37.2 Å². The van der Waals surface area contributed by atoms with Gasteiger partial charge in [-0.3, -0.25) is 4.98 Å². The zero-order valence-electron chi connectivity index (χ0n) is 14.7. The lowest BCUT2D eigenvalue weighted by Gasteiger charge is -2.10. The lowest BCUT2D eigenvalue weighted by Crippen LogP contribution is -2.20. The van der Waals surface area contributed by atoms with E-state index >= 15 is 0 Å². The van der Waals surface area contributed by atoms with E-state index in [0.29, 0.717) is 12.5 Å². The largest absolute Gasteiger partial charge is 0.487 e. The van der Waals surface area contributed by atoms with Gasteiger partial charge in [0.25, 0.3) is 0 Å². The van der Waals surface area contributed by atoms with E-state index in [1.165, 1.54) is 18.4 Å². The Morgan fingerprint density at radius 2 is 2.12 bits per heavy atom. The molecule has 0 unspecified atom stereocenters. The first-order chi connectivity index (χ1) is 12.9. The molecule has 0 bridgehead atoms. The van der Waals surface area contributed by atoms with Gasteiger partial charge >= 0.3 is 0 Å². The van der Waals surface area contributed by atoms with Gasteiger partial charge in [-0.25, -0.2) is 0 Å². The van der Waals surface area contributed by atoms with Crippen LogP contribution in [-0.2, 0) is 19.7 Å². The molecule has 0 amide bonds. The van der Waals surface area contributed by atoms with Crippen molar-refractivity contribution in [2.24, 2.45) is 0 Å². The van der Waals surface area contributed by atoms with Gasteiger partial charge in [0, 0.05) is 31.7 Å². The maximum absolute atomic E-state index is 5.84. The first-order valence-electron chi connectivity index (χ1n) is 9.08. The standard InChI is InChI=1S/C20H23N5O/c1-2-9-22-18(5-1)14-26-19-6-3-4-16(12-19)13-21-10-11-25-15-23-24-20(25)17-7-8-17/h1-6,9,12,15,17,21H,7-8,10-11,13-14H2. The average molecular weight is 349 g/mol. The smallest absolute Gasteiger partial charge is 0.135 e. The van der Waals surface area contributed by atoms with E-state index in [1.807, 2.05) is 36.7 Å². The highest BCUT2D eigenvalue weighted by molar-refractivity contribution is 5.28. The molecule has 0 saturated heterocycles. The highest BCUT2D eigenvalue weighted by Gasteiger charge is 2.28. The van der Waals surface area contributed by atoms with Crippen LogP contribution in [0, 0.1) is 0 Å². The van der Waals surface area contributed by atoms with Gasteiger partial charge in [-0.15, -0.1) is 10.2 Å². The van der Waals surface area contributed by atoms with Crippen LogP contribution in [0.25, 0.3) is 0 Å². The third-order valence-corrected chi connectivity index (χ3v) is 4.46. The highest BCUT2D eigenvalue weighted by Crippen LogP contribution is 2.38. The van der Waals surface area contributed by atoms with Crippen LogP contribution >= 0.6 is 0 Å². The first kappa shape index (κ1) is 16.7. The second-order valence-electron chi connectivity index (χ2n) is 6.59. The monoisotopic (exact) mass is 349 g/mol. The molecule has 0 aliphatic heterocycles. The molecule has 4 rings (SSSR count). The fourth-order valence-electron chi connectivity index (χ4n) is 2.91. The first-order valence-corrected chi connectivity index (χ1v) is 9.08. The summed E-state index contributed by atoms with van der Waals surface area (Å²) >= 11 is 0. The molecule has 1 aliphatic rings. The summed E-state index contributed by atoms with van der Waals surface area (Å²) in [4.78, 5) is 4.28. The van der Waals surface area contributed by atoms with Gasteiger partial charge < -0.3 is 14.6 Å². The molecule has 0 atom stereocenters. The van der Waals surface area contributed by atoms with Crippen molar-refractivity contribution in [3.63, 3.8) is 0 Å². The zero-order valence-corrected chi connectivity index (χ0v) is 14.7. The molecule has 26 heavy (non-hydrogen) atoms. The van der Waals surface area contributed by atoms with E-state index in [0.717, 1.165) is 36.9 Å². The quantitative estimate of drug-likeness (QED) is 0.602. The van der Waals surface area contributed by atoms with Crippen LogP contribution in [0.2, 0.25) is 0 Å². The van der Waals surface area contributed by atoms with E-state index in [-0.39, 0.29) is 0 Å². The molecular formula is C20H23N5O. The Morgan fingerprint density at radius 1 is 1.15 bits per heavy atom. The number of aromatic nitrogens is 4. The minimum Gasteiger partial charge on any atom is -0.487 e. The summed E-state index contributed by atoms with van der Waals surface area (Å²) in [6.07, 6.45) is 6.11. The van der Waals surface area contributed by atoms with Crippen LogP contribution in [0.4, 0.5) is 0 Å². The number of hydrogen-bond donors (Lipinski definition) is 1. The number of ether oxygens (including phenoxy) is 1. The number of rotatable bonds is 9. The summed E-state index contributed by atoms with van der Waals surface area (Å²) in [5.74, 6) is 2.63. The fourth-order valence-corrected chi connectivity index (χ4v) is 2.91. The Labute approximate surface area is 153 Å². The molecule has 2 aromatic heterocycles. The van der Waals surface area contributed by atoms with Gasteiger partial charge in [0.05, 0.1) is 5.69 Å². The van der Waals surface area contributed by atoms with Gasteiger partial charge in [-0.05, 0) is 42.7 Å².